The van der Waals surface area contributed by atoms with Crippen LogP contribution in [0.2, 0.25) is 0 Å². The molecule has 0 aliphatic rings. The van der Waals surface area contributed by atoms with Gasteiger partial charge >= 0.3 is 0 Å². The second-order valence-corrected chi connectivity index (χ2v) is 11.9. The Morgan fingerprint density at radius 2 is 0.872 bits per heavy atom. The van der Waals surface area contributed by atoms with Gasteiger partial charge in [-0.1, -0.05) is 91.0 Å². The maximum Gasteiger partial charge on any atom is 0.0475 e. The highest BCUT2D eigenvalue weighted by atomic mass is 32.1. The Hall–Kier alpha value is -4.44. The zero-order valence-electron chi connectivity index (χ0n) is 21.0. The summed E-state index contributed by atoms with van der Waals surface area (Å²) in [4.78, 5) is 2.38. The van der Waals surface area contributed by atoms with E-state index in [1.54, 1.807) is 0 Å². The van der Waals surface area contributed by atoms with Crippen LogP contribution in [0.5, 0.6) is 0 Å². The van der Waals surface area contributed by atoms with Gasteiger partial charge < -0.3 is 4.90 Å². The maximum absolute atomic E-state index is 2.40. The summed E-state index contributed by atoms with van der Waals surface area (Å²) in [5.74, 6) is 0. The minimum Gasteiger partial charge on any atom is -0.310 e. The van der Waals surface area contributed by atoms with Crippen LogP contribution in [0.15, 0.2) is 140 Å². The quantitative estimate of drug-likeness (QED) is 0.217. The van der Waals surface area contributed by atoms with Crippen LogP contribution < -0.4 is 4.90 Å². The molecule has 8 rings (SSSR count). The van der Waals surface area contributed by atoms with Crippen LogP contribution in [-0.4, -0.2) is 0 Å². The second kappa shape index (κ2) is 9.09. The Labute approximate surface area is 234 Å². The van der Waals surface area contributed by atoms with Crippen LogP contribution in [0.4, 0.5) is 17.1 Å². The third-order valence-electron chi connectivity index (χ3n) is 7.44. The van der Waals surface area contributed by atoms with Crippen molar-refractivity contribution < 1.29 is 0 Å². The van der Waals surface area contributed by atoms with Crippen molar-refractivity contribution in [3.05, 3.63) is 140 Å². The van der Waals surface area contributed by atoms with Crippen molar-refractivity contribution in [1.29, 1.82) is 0 Å². The van der Waals surface area contributed by atoms with E-state index < -0.39 is 0 Å². The first-order valence-electron chi connectivity index (χ1n) is 13.1. The van der Waals surface area contributed by atoms with Gasteiger partial charge in [0.05, 0.1) is 0 Å². The fraction of sp³-hybridized carbons (Fsp3) is 0. The van der Waals surface area contributed by atoms with E-state index in [4.69, 9.17) is 0 Å². The van der Waals surface area contributed by atoms with Gasteiger partial charge in [-0.05, 0) is 48.5 Å². The molecule has 0 N–H and O–H groups in total. The monoisotopic (exact) mass is 533 g/mol. The molecule has 6 aromatic carbocycles. The van der Waals surface area contributed by atoms with Crippen molar-refractivity contribution in [2.75, 3.05) is 4.90 Å². The Balaban J connectivity index is 1.48. The molecule has 0 radical (unpaired) electrons. The molecule has 0 fully saturated rings. The summed E-state index contributed by atoms with van der Waals surface area (Å²) >= 11 is 3.79. The highest BCUT2D eigenvalue weighted by Crippen LogP contribution is 2.48. The predicted octanol–water partition coefficient (Wildman–Crippen LogP) is 11.6. The minimum atomic E-state index is 1.15. The van der Waals surface area contributed by atoms with Crippen molar-refractivity contribution in [2.24, 2.45) is 0 Å². The lowest BCUT2D eigenvalue weighted by Crippen LogP contribution is -2.09. The number of para-hydroxylation sites is 2. The van der Waals surface area contributed by atoms with Crippen LogP contribution in [-0.2, 0) is 0 Å². The highest BCUT2D eigenvalue weighted by Gasteiger charge is 2.20. The third-order valence-corrected chi connectivity index (χ3v) is 9.88. The van der Waals surface area contributed by atoms with Gasteiger partial charge in [-0.15, -0.1) is 22.7 Å². The van der Waals surface area contributed by atoms with Gasteiger partial charge in [0.2, 0.25) is 0 Å². The van der Waals surface area contributed by atoms with Gasteiger partial charge in [0.25, 0.3) is 0 Å². The zero-order valence-corrected chi connectivity index (χ0v) is 22.7. The lowest BCUT2D eigenvalue weighted by Gasteiger charge is -2.26. The summed E-state index contributed by atoms with van der Waals surface area (Å²) in [6, 6.07) is 50.5. The van der Waals surface area contributed by atoms with Crippen LogP contribution in [0.25, 0.3) is 51.5 Å². The average Bonchev–Trinajstić information content (AvgIpc) is 3.57. The van der Waals surface area contributed by atoms with Gasteiger partial charge in [0.15, 0.2) is 0 Å². The first-order chi connectivity index (χ1) is 19.3. The molecule has 0 bridgehead atoms. The smallest absolute Gasteiger partial charge is 0.0475 e. The van der Waals surface area contributed by atoms with E-state index in [9.17, 15) is 0 Å². The van der Waals surface area contributed by atoms with Crippen LogP contribution in [0.1, 0.15) is 0 Å². The fourth-order valence-corrected chi connectivity index (χ4v) is 8.14. The molecule has 0 spiro atoms. The first kappa shape index (κ1) is 22.5. The molecule has 0 atom stereocenters. The molecule has 39 heavy (non-hydrogen) atoms. The fourth-order valence-electron chi connectivity index (χ4n) is 5.70. The molecular formula is C36H23NS2. The molecule has 2 aromatic heterocycles. The number of hydrogen-bond acceptors (Lipinski definition) is 3. The number of rotatable bonds is 4. The van der Waals surface area contributed by atoms with Gasteiger partial charge in [0, 0.05) is 68.5 Å². The SMILES string of the molecule is c1ccc(N(c2ccccc2)c2cc(-c3cccc4c3sc3ccccc34)c3sc4ccccc4c3c2)cc1. The lowest BCUT2D eigenvalue weighted by atomic mass is 9.99. The summed E-state index contributed by atoms with van der Waals surface area (Å²) in [5, 5.41) is 5.28. The summed E-state index contributed by atoms with van der Waals surface area (Å²) in [6.45, 7) is 0. The van der Waals surface area contributed by atoms with E-state index in [1.807, 2.05) is 22.7 Å². The van der Waals surface area contributed by atoms with E-state index in [1.165, 1.54) is 51.5 Å². The standard InChI is InChI=1S/C36H23NS2/c1-3-12-24(13-4-1)37(25-14-5-2-6-15-25)26-22-31-28-17-8-10-21-34(28)39-36(31)32(23-26)30-19-11-18-29-27-16-7-9-20-33(27)38-35(29)30/h1-23H. The van der Waals surface area contributed by atoms with Gasteiger partial charge in [-0.2, -0.15) is 0 Å². The van der Waals surface area contributed by atoms with Crippen LogP contribution in [0, 0.1) is 0 Å². The van der Waals surface area contributed by atoms with Gasteiger partial charge in [-0.3, -0.25) is 0 Å². The molecular weight excluding hydrogens is 511 g/mol. The summed E-state index contributed by atoms with van der Waals surface area (Å²) in [5.41, 5.74) is 6.05. The predicted molar refractivity (Wildman–Crippen MR) is 172 cm³/mol. The van der Waals surface area contributed by atoms with E-state index in [-0.39, 0.29) is 0 Å². The average molecular weight is 534 g/mol. The molecule has 3 heteroatoms. The largest absolute Gasteiger partial charge is 0.310 e. The Morgan fingerprint density at radius 1 is 0.359 bits per heavy atom. The molecule has 184 valence electrons. The lowest BCUT2D eigenvalue weighted by molar-refractivity contribution is 1.29. The molecule has 8 aromatic rings. The Morgan fingerprint density at radius 3 is 1.51 bits per heavy atom. The third kappa shape index (κ3) is 3.66. The topological polar surface area (TPSA) is 3.24 Å². The Kier molecular flexibility index (Phi) is 5.25. The van der Waals surface area contributed by atoms with Crippen molar-refractivity contribution in [3.8, 4) is 11.1 Å². The summed E-state index contributed by atoms with van der Waals surface area (Å²) in [6.07, 6.45) is 0. The number of hydrogen-bond donors (Lipinski definition) is 0. The van der Waals surface area contributed by atoms with Gasteiger partial charge in [-0.25, -0.2) is 0 Å². The molecule has 0 unspecified atom stereocenters. The number of benzene rings is 6. The van der Waals surface area contributed by atoms with Crippen molar-refractivity contribution in [1.82, 2.24) is 0 Å². The number of nitrogens with zero attached hydrogens (tertiary/aromatic N) is 1. The molecule has 1 nitrogen and oxygen atoms in total. The molecule has 0 amide bonds. The zero-order chi connectivity index (χ0) is 25.8. The van der Waals surface area contributed by atoms with Crippen molar-refractivity contribution in [3.63, 3.8) is 0 Å². The molecule has 0 saturated heterocycles. The van der Waals surface area contributed by atoms with Crippen molar-refractivity contribution in [2.45, 2.75) is 0 Å². The van der Waals surface area contributed by atoms with Gasteiger partial charge in [0.1, 0.15) is 0 Å². The highest BCUT2D eigenvalue weighted by molar-refractivity contribution is 7.27. The maximum atomic E-state index is 2.40. The van der Waals surface area contributed by atoms with Crippen molar-refractivity contribution >= 4 is 80.1 Å². The van der Waals surface area contributed by atoms with Crippen LogP contribution in [0.3, 0.4) is 0 Å². The number of fused-ring (bicyclic) bond motifs is 6. The first-order valence-corrected chi connectivity index (χ1v) is 14.7. The Bertz CT molecular complexity index is 2080. The van der Waals surface area contributed by atoms with E-state index in [2.05, 4.69) is 144 Å². The second-order valence-electron chi connectivity index (χ2n) is 9.76. The molecule has 2 heterocycles. The van der Waals surface area contributed by atoms with E-state index >= 15 is 0 Å². The minimum absolute atomic E-state index is 1.15. The molecule has 0 aliphatic carbocycles. The summed E-state index contributed by atoms with van der Waals surface area (Å²) < 4.78 is 5.34. The summed E-state index contributed by atoms with van der Waals surface area (Å²) in [7, 11) is 0. The van der Waals surface area contributed by atoms with Crippen LogP contribution >= 0.6 is 22.7 Å². The van der Waals surface area contributed by atoms with E-state index in [0.29, 0.717) is 0 Å². The number of thiophene rings is 2. The number of anilines is 3. The normalized spacial score (nSPS) is 11.6. The molecule has 0 aliphatic heterocycles. The molecule has 0 saturated carbocycles. The van der Waals surface area contributed by atoms with E-state index in [0.717, 1.165) is 17.1 Å².